The van der Waals surface area contributed by atoms with E-state index in [-0.39, 0.29) is 24.1 Å². The van der Waals surface area contributed by atoms with Crippen LogP contribution in [0.5, 0.6) is 0 Å². The zero-order valence-electron chi connectivity index (χ0n) is 12.8. The number of amides is 1. The molecular weight excluding hydrogens is 323 g/mol. The number of thiophene rings is 1. The second-order valence-corrected chi connectivity index (χ2v) is 7.01. The van der Waals surface area contributed by atoms with Crippen molar-refractivity contribution in [2.45, 2.75) is 26.3 Å². The lowest BCUT2D eigenvalue weighted by atomic mass is 10.1. The first-order valence-electron chi connectivity index (χ1n) is 6.70. The van der Waals surface area contributed by atoms with Gasteiger partial charge in [-0.05, 0) is 50.1 Å². The van der Waals surface area contributed by atoms with Gasteiger partial charge in [0.25, 0.3) is 5.91 Å². The van der Waals surface area contributed by atoms with Gasteiger partial charge in [-0.15, -0.1) is 23.7 Å². The molecule has 0 atom stereocenters. The highest BCUT2D eigenvalue weighted by Gasteiger charge is 2.16. The molecule has 120 valence electrons. The van der Waals surface area contributed by atoms with Crippen LogP contribution in [0.2, 0.25) is 0 Å². The summed E-state index contributed by atoms with van der Waals surface area (Å²) in [4.78, 5) is 13.8. The smallest absolute Gasteiger partial charge is 0.261 e. The molecule has 0 spiro atoms. The van der Waals surface area contributed by atoms with Crippen LogP contribution >= 0.6 is 23.7 Å². The number of nitrogens with one attached hydrogen (secondary N) is 1. The van der Waals surface area contributed by atoms with E-state index in [1.165, 1.54) is 23.5 Å². The van der Waals surface area contributed by atoms with Gasteiger partial charge < -0.3 is 11.1 Å². The van der Waals surface area contributed by atoms with Crippen LogP contribution in [0.1, 0.15) is 28.4 Å². The van der Waals surface area contributed by atoms with Crippen molar-refractivity contribution in [2.75, 3.05) is 6.54 Å². The Morgan fingerprint density at radius 3 is 2.45 bits per heavy atom. The van der Waals surface area contributed by atoms with E-state index in [0.717, 1.165) is 16.0 Å². The van der Waals surface area contributed by atoms with E-state index in [4.69, 9.17) is 5.73 Å². The number of rotatable bonds is 4. The van der Waals surface area contributed by atoms with Gasteiger partial charge in [0, 0.05) is 17.0 Å². The number of hydrogen-bond acceptors (Lipinski definition) is 3. The first kappa shape index (κ1) is 18.6. The molecule has 0 unspecified atom stereocenters. The van der Waals surface area contributed by atoms with Crippen LogP contribution in [0.4, 0.5) is 4.39 Å². The lowest BCUT2D eigenvalue weighted by Crippen LogP contribution is -2.44. The Balaban J connectivity index is 0.00000242. The number of carbonyl (C=O) groups excluding carboxylic acids is 1. The predicted octanol–water partition coefficient (Wildman–Crippen LogP) is 3.75. The normalized spacial score (nSPS) is 11.0. The van der Waals surface area contributed by atoms with Crippen molar-refractivity contribution in [3.63, 3.8) is 0 Å². The standard InChI is InChI=1S/C16H19FN2OS.ClH/c1-10-13(11-4-6-12(17)7-5-11)8-14(21-10)15(20)19-9-16(2,3)18;/h4-8H,9,18H2,1-3H3,(H,19,20);1H. The number of aryl methyl sites for hydroxylation is 1. The van der Waals surface area contributed by atoms with Crippen molar-refractivity contribution in [3.05, 3.63) is 45.9 Å². The topological polar surface area (TPSA) is 55.1 Å². The number of benzene rings is 1. The third kappa shape index (κ3) is 4.80. The van der Waals surface area contributed by atoms with E-state index in [1.807, 2.05) is 26.8 Å². The highest BCUT2D eigenvalue weighted by molar-refractivity contribution is 7.14. The fourth-order valence-corrected chi connectivity index (χ4v) is 2.86. The number of nitrogens with two attached hydrogens (primary N) is 1. The number of halogens is 2. The summed E-state index contributed by atoms with van der Waals surface area (Å²) in [6, 6.07) is 8.11. The highest BCUT2D eigenvalue weighted by Crippen LogP contribution is 2.31. The molecule has 0 fully saturated rings. The van der Waals surface area contributed by atoms with Crippen LogP contribution < -0.4 is 11.1 Å². The summed E-state index contributed by atoms with van der Waals surface area (Å²) >= 11 is 1.43. The minimum absolute atomic E-state index is 0. The summed E-state index contributed by atoms with van der Waals surface area (Å²) in [5, 5.41) is 2.83. The van der Waals surface area contributed by atoms with Crippen molar-refractivity contribution < 1.29 is 9.18 Å². The van der Waals surface area contributed by atoms with E-state index in [0.29, 0.717) is 11.4 Å². The molecule has 1 amide bonds. The molecule has 0 aliphatic carbocycles. The first-order valence-corrected chi connectivity index (χ1v) is 7.51. The molecule has 3 nitrogen and oxygen atoms in total. The molecular formula is C16H20ClFN2OS. The fourth-order valence-electron chi connectivity index (χ4n) is 1.91. The lowest BCUT2D eigenvalue weighted by Gasteiger charge is -2.18. The quantitative estimate of drug-likeness (QED) is 0.889. The molecule has 6 heteroatoms. The molecule has 1 heterocycles. The van der Waals surface area contributed by atoms with Crippen LogP contribution in [-0.2, 0) is 0 Å². The van der Waals surface area contributed by atoms with Crippen LogP contribution in [0.3, 0.4) is 0 Å². The van der Waals surface area contributed by atoms with Gasteiger partial charge in [0.05, 0.1) is 4.88 Å². The Hall–Kier alpha value is -1.43. The summed E-state index contributed by atoms with van der Waals surface area (Å²) in [5.74, 6) is -0.398. The Morgan fingerprint density at radius 1 is 1.32 bits per heavy atom. The summed E-state index contributed by atoms with van der Waals surface area (Å²) in [6.07, 6.45) is 0. The largest absolute Gasteiger partial charge is 0.350 e. The molecule has 0 aliphatic rings. The van der Waals surface area contributed by atoms with E-state index >= 15 is 0 Å². The van der Waals surface area contributed by atoms with Gasteiger partial charge in [0.15, 0.2) is 0 Å². The fraction of sp³-hybridized carbons (Fsp3) is 0.312. The predicted molar refractivity (Wildman–Crippen MR) is 92.3 cm³/mol. The van der Waals surface area contributed by atoms with Crippen LogP contribution in [-0.4, -0.2) is 18.0 Å². The second kappa shape index (κ2) is 7.22. The zero-order chi connectivity index (χ0) is 15.6. The van der Waals surface area contributed by atoms with Gasteiger partial charge >= 0.3 is 0 Å². The van der Waals surface area contributed by atoms with Crippen LogP contribution in [0, 0.1) is 12.7 Å². The van der Waals surface area contributed by atoms with E-state index in [2.05, 4.69) is 5.32 Å². The molecule has 22 heavy (non-hydrogen) atoms. The molecule has 1 aromatic carbocycles. The van der Waals surface area contributed by atoms with Gasteiger partial charge in [-0.3, -0.25) is 4.79 Å². The molecule has 2 rings (SSSR count). The van der Waals surface area contributed by atoms with Gasteiger partial charge in [0.2, 0.25) is 0 Å². The molecule has 0 aliphatic heterocycles. The second-order valence-electron chi connectivity index (χ2n) is 5.76. The van der Waals surface area contributed by atoms with Gasteiger partial charge in [-0.2, -0.15) is 0 Å². The maximum atomic E-state index is 13.0. The summed E-state index contributed by atoms with van der Waals surface area (Å²) < 4.78 is 13.0. The molecule has 2 aromatic rings. The Morgan fingerprint density at radius 2 is 1.91 bits per heavy atom. The molecule has 0 radical (unpaired) electrons. The third-order valence-electron chi connectivity index (χ3n) is 3.00. The third-order valence-corrected chi connectivity index (χ3v) is 4.05. The zero-order valence-corrected chi connectivity index (χ0v) is 14.4. The maximum Gasteiger partial charge on any atom is 0.261 e. The Kier molecular flexibility index (Phi) is 6.11. The van der Waals surface area contributed by atoms with Gasteiger partial charge in [-0.1, -0.05) is 12.1 Å². The first-order chi connectivity index (χ1) is 9.76. The van der Waals surface area contributed by atoms with Gasteiger partial charge in [0.1, 0.15) is 5.82 Å². The van der Waals surface area contributed by atoms with E-state index < -0.39 is 5.54 Å². The van der Waals surface area contributed by atoms with Crippen molar-refractivity contribution in [3.8, 4) is 11.1 Å². The summed E-state index contributed by atoms with van der Waals surface area (Å²) in [7, 11) is 0. The number of hydrogen-bond donors (Lipinski definition) is 2. The minimum atomic E-state index is -0.443. The lowest BCUT2D eigenvalue weighted by molar-refractivity contribution is 0.0950. The van der Waals surface area contributed by atoms with Crippen molar-refractivity contribution in [2.24, 2.45) is 5.73 Å². The summed E-state index contributed by atoms with van der Waals surface area (Å²) in [6.45, 7) is 6.08. The number of carbonyl (C=O) groups is 1. The molecule has 0 saturated heterocycles. The monoisotopic (exact) mass is 342 g/mol. The average molecular weight is 343 g/mol. The molecule has 3 N–H and O–H groups in total. The van der Waals surface area contributed by atoms with E-state index in [9.17, 15) is 9.18 Å². The Bertz CT molecular complexity index is 647. The van der Waals surface area contributed by atoms with Crippen molar-refractivity contribution in [1.29, 1.82) is 0 Å². The molecule has 0 bridgehead atoms. The van der Waals surface area contributed by atoms with E-state index in [1.54, 1.807) is 12.1 Å². The SMILES string of the molecule is Cc1sc(C(=O)NCC(C)(C)N)cc1-c1ccc(F)cc1.Cl. The van der Waals surface area contributed by atoms with Gasteiger partial charge in [-0.25, -0.2) is 4.39 Å². The maximum absolute atomic E-state index is 13.0. The molecule has 1 aromatic heterocycles. The van der Waals surface area contributed by atoms with Crippen molar-refractivity contribution in [1.82, 2.24) is 5.32 Å². The Labute approximate surface area is 140 Å². The van der Waals surface area contributed by atoms with Crippen LogP contribution in [0.15, 0.2) is 30.3 Å². The van der Waals surface area contributed by atoms with Crippen molar-refractivity contribution >= 4 is 29.7 Å². The van der Waals surface area contributed by atoms with Crippen LogP contribution in [0.25, 0.3) is 11.1 Å². The highest BCUT2D eigenvalue weighted by atomic mass is 35.5. The molecule has 0 saturated carbocycles. The minimum Gasteiger partial charge on any atom is -0.350 e. The summed E-state index contributed by atoms with van der Waals surface area (Å²) in [5.41, 5.74) is 7.27. The average Bonchev–Trinajstić information content (AvgIpc) is 2.78.